The average Bonchev–Trinajstić information content (AvgIpc) is 2.88. The van der Waals surface area contributed by atoms with Crippen molar-refractivity contribution in [1.29, 1.82) is 0 Å². The molecule has 2 rings (SSSR count). The van der Waals surface area contributed by atoms with Crippen molar-refractivity contribution >= 4 is 0 Å². The van der Waals surface area contributed by atoms with Crippen LogP contribution in [0.1, 0.15) is 45.0 Å². The largest absolute Gasteiger partial charge is 0.392 e. The Labute approximate surface area is 125 Å². The van der Waals surface area contributed by atoms with Gasteiger partial charge in [-0.05, 0) is 37.6 Å². The minimum atomic E-state index is -0.585. The van der Waals surface area contributed by atoms with E-state index in [1.807, 2.05) is 30.8 Å². The van der Waals surface area contributed by atoms with Crippen LogP contribution in [-0.2, 0) is 11.8 Å². The van der Waals surface area contributed by atoms with Gasteiger partial charge in [-0.2, -0.15) is 5.10 Å². The second-order valence-corrected chi connectivity index (χ2v) is 6.33. The number of rotatable bonds is 5. The van der Waals surface area contributed by atoms with Gasteiger partial charge >= 0.3 is 0 Å². The van der Waals surface area contributed by atoms with E-state index in [0.717, 1.165) is 11.3 Å². The molecule has 1 aromatic carbocycles. The van der Waals surface area contributed by atoms with Gasteiger partial charge in [0, 0.05) is 24.1 Å². The summed E-state index contributed by atoms with van der Waals surface area (Å²) in [4.78, 5) is 0. The first-order valence-corrected chi connectivity index (χ1v) is 7.29. The Kier molecular flexibility index (Phi) is 4.47. The van der Waals surface area contributed by atoms with Crippen LogP contribution in [0.15, 0.2) is 36.5 Å². The molecule has 0 radical (unpaired) electrons. The molecule has 0 aliphatic rings. The molecule has 0 bridgehead atoms. The maximum Gasteiger partial charge on any atom is 0.123 e. The number of hydrogen-bond donors (Lipinski definition) is 1. The Morgan fingerprint density at radius 3 is 2.33 bits per heavy atom. The van der Waals surface area contributed by atoms with Crippen LogP contribution in [0, 0.1) is 5.82 Å². The van der Waals surface area contributed by atoms with Crippen LogP contribution in [0.5, 0.6) is 0 Å². The predicted molar refractivity (Wildman–Crippen MR) is 81.7 cm³/mol. The van der Waals surface area contributed by atoms with Gasteiger partial charge in [0.25, 0.3) is 0 Å². The van der Waals surface area contributed by atoms with E-state index in [-0.39, 0.29) is 5.82 Å². The summed E-state index contributed by atoms with van der Waals surface area (Å²) in [5.74, 6) is -0.264. The number of halogens is 1. The zero-order valence-corrected chi connectivity index (χ0v) is 13.0. The fourth-order valence-corrected chi connectivity index (χ4v) is 2.30. The minimum Gasteiger partial charge on any atom is -0.392 e. The SMILES string of the molecule is CC(C)n1ccc(CC(O)C(C)(C)c2ccc(F)cc2)n1. The third kappa shape index (κ3) is 3.50. The maximum absolute atomic E-state index is 13.0. The summed E-state index contributed by atoms with van der Waals surface area (Å²) in [6.07, 6.45) is 1.82. The third-order valence-corrected chi connectivity index (χ3v) is 4.02. The van der Waals surface area contributed by atoms with Crippen molar-refractivity contribution < 1.29 is 9.50 Å². The lowest BCUT2D eigenvalue weighted by molar-refractivity contribution is 0.0988. The molecule has 0 spiro atoms. The first kappa shape index (κ1) is 15.7. The summed E-state index contributed by atoms with van der Waals surface area (Å²) in [6.45, 7) is 8.06. The summed E-state index contributed by atoms with van der Waals surface area (Å²) in [7, 11) is 0. The zero-order valence-electron chi connectivity index (χ0n) is 13.0. The molecular formula is C17H23FN2O. The molecule has 3 nitrogen and oxygen atoms in total. The van der Waals surface area contributed by atoms with Crippen molar-refractivity contribution in [3.63, 3.8) is 0 Å². The van der Waals surface area contributed by atoms with Gasteiger partial charge in [0.1, 0.15) is 5.82 Å². The number of aliphatic hydroxyl groups excluding tert-OH is 1. The standard InChI is InChI=1S/C17H23FN2O/c1-12(2)20-10-9-15(19-20)11-16(21)17(3,4)13-5-7-14(18)8-6-13/h5-10,12,16,21H,11H2,1-4H3. The van der Waals surface area contributed by atoms with Gasteiger partial charge in [-0.1, -0.05) is 26.0 Å². The van der Waals surface area contributed by atoms with E-state index < -0.39 is 11.5 Å². The highest BCUT2D eigenvalue weighted by atomic mass is 19.1. The lowest BCUT2D eigenvalue weighted by Crippen LogP contribution is -2.35. The lowest BCUT2D eigenvalue weighted by Gasteiger charge is -2.31. The molecule has 0 saturated carbocycles. The van der Waals surface area contributed by atoms with Gasteiger partial charge in [-0.3, -0.25) is 4.68 Å². The van der Waals surface area contributed by atoms with Gasteiger partial charge in [0.2, 0.25) is 0 Å². The molecule has 1 atom stereocenters. The van der Waals surface area contributed by atoms with Crippen LogP contribution in [0.3, 0.4) is 0 Å². The van der Waals surface area contributed by atoms with Crippen LogP contribution in [-0.4, -0.2) is 21.0 Å². The van der Waals surface area contributed by atoms with Crippen LogP contribution in [0.25, 0.3) is 0 Å². The van der Waals surface area contributed by atoms with Crippen molar-refractivity contribution in [3.8, 4) is 0 Å². The van der Waals surface area contributed by atoms with E-state index in [0.29, 0.717) is 12.5 Å². The third-order valence-electron chi connectivity index (χ3n) is 4.02. The van der Waals surface area contributed by atoms with Crippen molar-refractivity contribution in [2.75, 3.05) is 0 Å². The smallest absolute Gasteiger partial charge is 0.123 e. The van der Waals surface area contributed by atoms with Crippen molar-refractivity contribution in [2.45, 2.75) is 51.7 Å². The van der Waals surface area contributed by atoms with Gasteiger partial charge in [0.15, 0.2) is 0 Å². The summed E-state index contributed by atoms with van der Waals surface area (Å²) >= 11 is 0. The molecule has 0 saturated heterocycles. The highest BCUT2D eigenvalue weighted by Gasteiger charge is 2.30. The Hall–Kier alpha value is -1.68. The number of hydrogen-bond acceptors (Lipinski definition) is 2. The Morgan fingerprint density at radius 1 is 1.19 bits per heavy atom. The molecule has 2 aromatic rings. The fraction of sp³-hybridized carbons (Fsp3) is 0.471. The first-order chi connectivity index (χ1) is 9.80. The average molecular weight is 290 g/mol. The van der Waals surface area contributed by atoms with E-state index in [1.165, 1.54) is 12.1 Å². The number of benzene rings is 1. The molecule has 1 aromatic heterocycles. The van der Waals surface area contributed by atoms with Crippen molar-refractivity contribution in [2.24, 2.45) is 0 Å². The molecule has 0 aliphatic heterocycles. The lowest BCUT2D eigenvalue weighted by atomic mass is 9.78. The Morgan fingerprint density at radius 2 is 1.81 bits per heavy atom. The van der Waals surface area contributed by atoms with Gasteiger partial charge in [0.05, 0.1) is 11.8 Å². The normalized spacial score (nSPS) is 13.7. The summed E-state index contributed by atoms with van der Waals surface area (Å²) < 4.78 is 14.9. The topological polar surface area (TPSA) is 38.0 Å². The second-order valence-electron chi connectivity index (χ2n) is 6.33. The minimum absolute atomic E-state index is 0.264. The fourth-order valence-electron chi connectivity index (χ4n) is 2.30. The molecule has 21 heavy (non-hydrogen) atoms. The molecule has 1 N–H and O–H groups in total. The quantitative estimate of drug-likeness (QED) is 0.915. The molecule has 0 fully saturated rings. The van der Waals surface area contributed by atoms with E-state index in [2.05, 4.69) is 18.9 Å². The molecule has 1 unspecified atom stereocenters. The molecule has 0 amide bonds. The number of nitrogens with zero attached hydrogens (tertiary/aromatic N) is 2. The van der Waals surface area contributed by atoms with E-state index in [9.17, 15) is 9.50 Å². The van der Waals surface area contributed by atoms with Crippen molar-refractivity contribution in [3.05, 3.63) is 53.6 Å². The molecule has 0 aliphatic carbocycles. The van der Waals surface area contributed by atoms with E-state index >= 15 is 0 Å². The highest BCUT2D eigenvalue weighted by Crippen LogP contribution is 2.29. The Bertz CT molecular complexity index is 587. The van der Waals surface area contributed by atoms with Gasteiger partial charge in [-0.25, -0.2) is 4.39 Å². The Balaban J connectivity index is 2.13. The monoisotopic (exact) mass is 290 g/mol. The molecule has 114 valence electrons. The van der Waals surface area contributed by atoms with Gasteiger partial charge < -0.3 is 5.11 Å². The molecule has 4 heteroatoms. The maximum atomic E-state index is 13.0. The van der Waals surface area contributed by atoms with Gasteiger partial charge in [-0.15, -0.1) is 0 Å². The van der Waals surface area contributed by atoms with Crippen molar-refractivity contribution in [1.82, 2.24) is 9.78 Å². The summed E-state index contributed by atoms with van der Waals surface area (Å²) in [5, 5.41) is 15.0. The van der Waals surface area contributed by atoms with Crippen LogP contribution >= 0.6 is 0 Å². The highest BCUT2D eigenvalue weighted by molar-refractivity contribution is 5.26. The van der Waals surface area contributed by atoms with E-state index in [1.54, 1.807) is 12.1 Å². The predicted octanol–water partition coefficient (Wildman–Crippen LogP) is 3.48. The van der Waals surface area contributed by atoms with E-state index in [4.69, 9.17) is 0 Å². The molecule has 1 heterocycles. The van der Waals surface area contributed by atoms with Crippen LogP contribution in [0.4, 0.5) is 4.39 Å². The summed E-state index contributed by atoms with van der Waals surface area (Å²) in [6, 6.07) is 8.55. The number of aliphatic hydroxyl groups is 1. The number of aromatic nitrogens is 2. The van der Waals surface area contributed by atoms with Crippen LogP contribution in [0.2, 0.25) is 0 Å². The first-order valence-electron chi connectivity index (χ1n) is 7.29. The zero-order chi connectivity index (χ0) is 15.6. The molecular weight excluding hydrogens is 267 g/mol. The summed E-state index contributed by atoms with van der Waals surface area (Å²) in [5.41, 5.74) is 1.32. The van der Waals surface area contributed by atoms with Crippen LogP contribution < -0.4 is 0 Å². The second kappa shape index (κ2) is 5.98.